The molecule has 1 N–H and O–H groups in total. The van der Waals surface area contributed by atoms with Gasteiger partial charge in [0.25, 0.3) is 5.91 Å². The van der Waals surface area contributed by atoms with Gasteiger partial charge in [-0.3, -0.25) is 4.79 Å². The number of rotatable bonds is 8. The number of hydrogen-bond acceptors (Lipinski definition) is 1. The van der Waals surface area contributed by atoms with Crippen molar-refractivity contribution in [3.8, 4) is 0 Å². The predicted octanol–water partition coefficient (Wildman–Crippen LogP) is 5.40. The summed E-state index contributed by atoms with van der Waals surface area (Å²) in [5.41, 5.74) is 0.648. The topological polar surface area (TPSA) is 29.1 Å². The second-order valence-electron chi connectivity index (χ2n) is 6.15. The van der Waals surface area contributed by atoms with Gasteiger partial charge in [0, 0.05) is 6.54 Å². The Kier molecular flexibility index (Phi) is 6.87. The van der Waals surface area contributed by atoms with Crippen molar-refractivity contribution < 1.29 is 53.1 Å². The molecular formula is C16H14F11NO. The Morgan fingerprint density at radius 3 is 1.76 bits per heavy atom. The molecule has 13 heteroatoms. The number of amides is 1. The van der Waals surface area contributed by atoms with Gasteiger partial charge in [-0.25, -0.2) is 0 Å². The minimum Gasteiger partial charge on any atom is -0.351 e. The number of alkyl halides is 11. The van der Waals surface area contributed by atoms with Gasteiger partial charge in [0.15, 0.2) is 0 Å². The van der Waals surface area contributed by atoms with Crippen LogP contribution in [0, 0.1) is 0 Å². The summed E-state index contributed by atoms with van der Waals surface area (Å²) in [6, 6.07) is 8.09. The van der Waals surface area contributed by atoms with E-state index in [0.717, 1.165) is 5.32 Å². The van der Waals surface area contributed by atoms with E-state index in [-0.39, 0.29) is 6.42 Å². The lowest BCUT2D eigenvalue weighted by molar-refractivity contribution is -0.417. The molecule has 1 atom stereocenters. The lowest BCUT2D eigenvalue weighted by Crippen LogP contribution is -2.69. The predicted molar refractivity (Wildman–Crippen MR) is 78.3 cm³/mol. The molecule has 1 aromatic carbocycles. The average Bonchev–Trinajstić information content (AvgIpc) is 2.60. The smallest absolute Gasteiger partial charge is 0.351 e. The van der Waals surface area contributed by atoms with Crippen molar-refractivity contribution in [3.05, 3.63) is 35.9 Å². The zero-order valence-electron chi connectivity index (χ0n) is 14.4. The van der Waals surface area contributed by atoms with Crippen LogP contribution >= 0.6 is 0 Å². The molecule has 1 rings (SSSR count). The van der Waals surface area contributed by atoms with Crippen LogP contribution in [-0.4, -0.2) is 42.3 Å². The zero-order chi connectivity index (χ0) is 22.9. The Hall–Kier alpha value is -2.08. The Bertz CT molecular complexity index is 701. The number of halogens is 11. The molecule has 166 valence electrons. The van der Waals surface area contributed by atoms with E-state index in [0.29, 0.717) is 5.56 Å². The molecule has 0 aliphatic heterocycles. The highest BCUT2D eigenvalue weighted by Gasteiger charge is 2.88. The summed E-state index contributed by atoms with van der Waals surface area (Å²) in [7, 11) is 0. The molecule has 0 aliphatic rings. The summed E-state index contributed by atoms with van der Waals surface area (Å²) in [5, 5.41) is 1.16. The number of carbonyl (C=O) groups is 1. The first-order valence-corrected chi connectivity index (χ1v) is 7.82. The molecule has 1 amide bonds. The quantitative estimate of drug-likeness (QED) is 0.534. The highest BCUT2D eigenvalue weighted by molar-refractivity contribution is 5.84. The number of benzene rings is 1. The first kappa shape index (κ1) is 25.0. The fraction of sp³-hybridized carbons (Fsp3) is 0.562. The summed E-state index contributed by atoms with van der Waals surface area (Å²) in [5.74, 6) is -32.5. The van der Waals surface area contributed by atoms with Gasteiger partial charge < -0.3 is 5.32 Å². The minimum atomic E-state index is -7.60. The van der Waals surface area contributed by atoms with Crippen LogP contribution in [0.15, 0.2) is 30.3 Å². The molecular weight excluding hydrogens is 431 g/mol. The van der Waals surface area contributed by atoms with Gasteiger partial charge in [0.2, 0.25) is 0 Å². The van der Waals surface area contributed by atoms with Crippen LogP contribution in [0.2, 0.25) is 0 Å². The van der Waals surface area contributed by atoms with Crippen molar-refractivity contribution in [1.82, 2.24) is 5.32 Å². The fourth-order valence-corrected chi connectivity index (χ4v) is 2.18. The van der Waals surface area contributed by atoms with Gasteiger partial charge in [0.05, 0.1) is 0 Å². The first-order valence-electron chi connectivity index (χ1n) is 7.82. The van der Waals surface area contributed by atoms with Crippen LogP contribution in [0.25, 0.3) is 0 Å². The van der Waals surface area contributed by atoms with E-state index in [2.05, 4.69) is 0 Å². The Labute approximate surface area is 157 Å². The lowest BCUT2D eigenvalue weighted by atomic mass is 9.96. The fourth-order valence-electron chi connectivity index (χ4n) is 2.18. The molecule has 2 nitrogen and oxygen atoms in total. The van der Waals surface area contributed by atoms with Crippen molar-refractivity contribution in [2.24, 2.45) is 0 Å². The van der Waals surface area contributed by atoms with Crippen molar-refractivity contribution in [2.75, 3.05) is 6.54 Å². The molecule has 1 aromatic rings. The maximum absolute atomic E-state index is 13.5. The van der Waals surface area contributed by atoms with Crippen LogP contribution in [0.4, 0.5) is 48.3 Å². The van der Waals surface area contributed by atoms with Crippen LogP contribution < -0.4 is 5.32 Å². The monoisotopic (exact) mass is 445 g/mol. The third-order valence-corrected chi connectivity index (χ3v) is 4.06. The van der Waals surface area contributed by atoms with Crippen LogP contribution in [0.5, 0.6) is 0 Å². The molecule has 0 bridgehead atoms. The molecule has 0 heterocycles. The van der Waals surface area contributed by atoms with Crippen LogP contribution in [0.3, 0.4) is 0 Å². The molecule has 29 heavy (non-hydrogen) atoms. The molecule has 0 aromatic heterocycles. The zero-order valence-corrected chi connectivity index (χ0v) is 14.4. The highest BCUT2D eigenvalue weighted by Crippen LogP contribution is 2.57. The number of nitrogens with one attached hydrogen (secondary N) is 1. The van der Waals surface area contributed by atoms with Crippen molar-refractivity contribution >= 4 is 5.91 Å². The van der Waals surface area contributed by atoms with Crippen molar-refractivity contribution in [3.63, 3.8) is 0 Å². The van der Waals surface area contributed by atoms with E-state index in [1.807, 2.05) is 0 Å². The summed E-state index contributed by atoms with van der Waals surface area (Å²) in [6.45, 7) is 0.786. The normalized spacial score (nSPS) is 15.2. The second-order valence-corrected chi connectivity index (χ2v) is 6.15. The van der Waals surface area contributed by atoms with E-state index in [1.54, 1.807) is 37.3 Å². The van der Waals surface area contributed by atoms with E-state index >= 15 is 0 Å². The summed E-state index contributed by atoms with van der Waals surface area (Å²) in [6.07, 6.45) is -7.41. The van der Waals surface area contributed by atoms with Gasteiger partial charge in [-0.05, 0) is 17.9 Å². The highest BCUT2D eigenvalue weighted by atomic mass is 19.4. The Balaban J connectivity index is 2.93. The van der Waals surface area contributed by atoms with Gasteiger partial charge in [-0.1, -0.05) is 37.3 Å². The maximum Gasteiger partial charge on any atom is 0.460 e. The molecule has 0 spiro atoms. The van der Waals surface area contributed by atoms with E-state index < -0.39 is 48.2 Å². The number of carbonyl (C=O) groups excluding carboxylic acids is 1. The minimum absolute atomic E-state index is 0.146. The first-order chi connectivity index (χ1) is 12.9. The second kappa shape index (κ2) is 7.98. The summed E-state index contributed by atoms with van der Waals surface area (Å²) >= 11 is 0. The SMILES string of the molecule is CC(CCNC(=O)C(F)(F)C(F)(F)C(F)(F)C(F)(F)C(F)(F)F)c1ccccc1. The Morgan fingerprint density at radius 2 is 1.31 bits per heavy atom. The standard InChI is InChI=1S/C16H14F11NO/c1-9(10-5-3-2-4-6-10)7-8-28-11(29)12(17,18)13(19,20)14(21,22)15(23,24)16(25,26)27/h2-6,9H,7-8H2,1H3,(H,28,29). The largest absolute Gasteiger partial charge is 0.460 e. The molecule has 0 aliphatic carbocycles. The van der Waals surface area contributed by atoms with E-state index in [9.17, 15) is 53.1 Å². The van der Waals surface area contributed by atoms with Gasteiger partial charge in [-0.2, -0.15) is 48.3 Å². The molecule has 0 fully saturated rings. The molecule has 0 saturated heterocycles. The van der Waals surface area contributed by atoms with Gasteiger partial charge in [0.1, 0.15) is 0 Å². The summed E-state index contributed by atoms with van der Waals surface area (Å²) < 4.78 is 141. The third kappa shape index (κ3) is 4.42. The molecule has 0 radical (unpaired) electrons. The number of hydrogen-bond donors (Lipinski definition) is 1. The van der Waals surface area contributed by atoms with E-state index in [4.69, 9.17) is 0 Å². The molecule has 0 saturated carbocycles. The third-order valence-electron chi connectivity index (χ3n) is 4.06. The van der Waals surface area contributed by atoms with Crippen LogP contribution in [-0.2, 0) is 4.79 Å². The molecule has 1 unspecified atom stereocenters. The maximum atomic E-state index is 13.5. The lowest BCUT2D eigenvalue weighted by Gasteiger charge is -2.36. The summed E-state index contributed by atoms with van der Waals surface area (Å²) in [4.78, 5) is 11.3. The van der Waals surface area contributed by atoms with Crippen molar-refractivity contribution in [1.29, 1.82) is 0 Å². The van der Waals surface area contributed by atoms with E-state index in [1.165, 1.54) is 0 Å². The van der Waals surface area contributed by atoms with Crippen LogP contribution in [0.1, 0.15) is 24.8 Å². The average molecular weight is 445 g/mol. The van der Waals surface area contributed by atoms with Gasteiger partial charge in [-0.15, -0.1) is 0 Å². The Morgan fingerprint density at radius 1 is 0.828 bits per heavy atom. The van der Waals surface area contributed by atoms with Gasteiger partial charge >= 0.3 is 29.9 Å². The van der Waals surface area contributed by atoms with Crippen molar-refractivity contribution in [2.45, 2.75) is 49.1 Å².